The molecule has 164 valence electrons. The van der Waals surface area contributed by atoms with Crippen molar-refractivity contribution in [3.8, 4) is 0 Å². The molecule has 1 unspecified atom stereocenters. The monoisotopic (exact) mass is 419 g/mol. The normalized spacial score (nSPS) is 16.3. The van der Waals surface area contributed by atoms with Crippen molar-refractivity contribution in [3.05, 3.63) is 34.9 Å². The van der Waals surface area contributed by atoms with Crippen LogP contribution in [0.25, 0.3) is 0 Å². The number of nitrogens with two attached hydrogens (primary N) is 1. The summed E-state index contributed by atoms with van der Waals surface area (Å²) < 4.78 is 10.8. The number of ether oxygens (including phenoxy) is 2. The summed E-state index contributed by atoms with van der Waals surface area (Å²) in [7, 11) is 0. The Morgan fingerprint density at radius 1 is 1.23 bits per heavy atom. The van der Waals surface area contributed by atoms with E-state index in [0.29, 0.717) is 63.4 Å². The molecule has 0 saturated carbocycles. The molecule has 1 aliphatic rings. The van der Waals surface area contributed by atoms with Gasteiger partial charge in [0.15, 0.2) is 0 Å². The van der Waals surface area contributed by atoms with E-state index in [9.17, 15) is 19.2 Å². The Morgan fingerprint density at radius 3 is 2.63 bits per heavy atom. The summed E-state index contributed by atoms with van der Waals surface area (Å²) in [5.74, 6) is -1.57. The lowest BCUT2D eigenvalue weighted by molar-refractivity contribution is -0.139. The number of hydrogen-bond donors (Lipinski definition) is 2. The number of imide groups is 2. The molecule has 1 heterocycles. The van der Waals surface area contributed by atoms with Crippen LogP contribution in [0.4, 0.5) is 0 Å². The molecule has 4 amide bonds. The fourth-order valence-corrected chi connectivity index (χ4v) is 3.35. The van der Waals surface area contributed by atoms with Gasteiger partial charge >= 0.3 is 0 Å². The zero-order valence-electron chi connectivity index (χ0n) is 17.2. The zero-order chi connectivity index (χ0) is 21.9. The van der Waals surface area contributed by atoms with Crippen LogP contribution >= 0.6 is 0 Å². The van der Waals surface area contributed by atoms with Crippen LogP contribution in [0.3, 0.4) is 0 Å². The first-order chi connectivity index (χ1) is 14.5. The molecule has 1 atom stereocenters. The van der Waals surface area contributed by atoms with Crippen LogP contribution in [-0.4, -0.2) is 68.0 Å². The third-order valence-corrected chi connectivity index (χ3v) is 4.84. The summed E-state index contributed by atoms with van der Waals surface area (Å²) in [6.07, 6.45) is 1.83. The number of carbonyl (C=O) groups is 4. The van der Waals surface area contributed by atoms with Gasteiger partial charge in [-0.15, -0.1) is 0 Å². The molecule has 1 saturated heterocycles. The molecule has 2 rings (SSSR count). The van der Waals surface area contributed by atoms with Gasteiger partial charge in [0, 0.05) is 25.1 Å². The summed E-state index contributed by atoms with van der Waals surface area (Å²) >= 11 is 0. The van der Waals surface area contributed by atoms with Gasteiger partial charge in [-0.1, -0.05) is 18.2 Å². The van der Waals surface area contributed by atoms with Crippen molar-refractivity contribution in [2.24, 2.45) is 5.73 Å². The SMILES string of the molecule is Cc1cccc(CCCOCCOCCN)c1C(=O)N(C=O)C1CCC(=O)NC1=O. The molecule has 0 bridgehead atoms. The number of nitrogens with one attached hydrogen (secondary N) is 1. The topological polar surface area (TPSA) is 128 Å². The molecule has 3 N–H and O–H groups in total. The van der Waals surface area contributed by atoms with Crippen molar-refractivity contribution in [2.75, 3.05) is 33.0 Å². The number of hydrogen-bond acceptors (Lipinski definition) is 7. The van der Waals surface area contributed by atoms with Crippen LogP contribution in [0, 0.1) is 6.92 Å². The maximum Gasteiger partial charge on any atom is 0.261 e. The Hall–Kier alpha value is -2.62. The van der Waals surface area contributed by atoms with Gasteiger partial charge in [-0.25, -0.2) is 0 Å². The van der Waals surface area contributed by atoms with E-state index in [0.717, 1.165) is 10.5 Å². The first-order valence-electron chi connectivity index (χ1n) is 10.0. The number of benzene rings is 1. The van der Waals surface area contributed by atoms with Crippen LogP contribution in [0.1, 0.15) is 40.7 Å². The van der Waals surface area contributed by atoms with E-state index in [-0.39, 0.29) is 12.8 Å². The van der Waals surface area contributed by atoms with E-state index < -0.39 is 23.8 Å². The average molecular weight is 419 g/mol. The van der Waals surface area contributed by atoms with Gasteiger partial charge in [0.2, 0.25) is 18.2 Å². The summed E-state index contributed by atoms with van der Waals surface area (Å²) in [6.45, 7) is 4.20. The first-order valence-corrected chi connectivity index (χ1v) is 10.0. The van der Waals surface area contributed by atoms with E-state index >= 15 is 0 Å². The molecule has 1 aromatic rings. The van der Waals surface area contributed by atoms with Gasteiger partial charge in [-0.2, -0.15) is 0 Å². The molecule has 0 spiro atoms. The summed E-state index contributed by atoms with van der Waals surface area (Å²) in [6, 6.07) is 4.48. The smallest absolute Gasteiger partial charge is 0.261 e. The molecule has 1 fully saturated rings. The van der Waals surface area contributed by atoms with E-state index in [1.54, 1.807) is 13.0 Å². The fraction of sp³-hybridized carbons (Fsp3) is 0.524. The summed E-state index contributed by atoms with van der Waals surface area (Å²) in [4.78, 5) is 49.2. The predicted molar refractivity (Wildman–Crippen MR) is 109 cm³/mol. The summed E-state index contributed by atoms with van der Waals surface area (Å²) in [5.41, 5.74) is 7.24. The van der Waals surface area contributed by atoms with E-state index in [2.05, 4.69) is 5.32 Å². The van der Waals surface area contributed by atoms with Crippen molar-refractivity contribution >= 4 is 24.1 Å². The number of carbonyl (C=O) groups excluding carboxylic acids is 4. The highest BCUT2D eigenvalue weighted by Gasteiger charge is 2.35. The van der Waals surface area contributed by atoms with Crippen molar-refractivity contribution in [1.82, 2.24) is 10.2 Å². The largest absolute Gasteiger partial charge is 0.379 e. The van der Waals surface area contributed by atoms with Crippen LogP contribution in [0.2, 0.25) is 0 Å². The Labute approximate surface area is 175 Å². The maximum atomic E-state index is 13.2. The molecule has 0 radical (unpaired) electrons. The number of nitrogens with zero attached hydrogens (tertiary/aromatic N) is 1. The van der Waals surface area contributed by atoms with Gasteiger partial charge in [0.25, 0.3) is 5.91 Å². The Balaban J connectivity index is 2.02. The van der Waals surface area contributed by atoms with Crippen molar-refractivity contribution in [1.29, 1.82) is 0 Å². The lowest BCUT2D eigenvalue weighted by Gasteiger charge is -2.29. The van der Waals surface area contributed by atoms with E-state index in [4.69, 9.17) is 15.2 Å². The quantitative estimate of drug-likeness (QED) is 0.284. The molecule has 9 heteroatoms. The molecule has 0 aromatic heterocycles. The second-order valence-corrected chi connectivity index (χ2v) is 7.01. The van der Waals surface area contributed by atoms with E-state index in [1.807, 2.05) is 12.1 Å². The lowest BCUT2D eigenvalue weighted by atomic mass is 9.96. The van der Waals surface area contributed by atoms with E-state index in [1.165, 1.54) is 0 Å². The minimum Gasteiger partial charge on any atom is -0.379 e. The predicted octanol–water partition coefficient (Wildman–Crippen LogP) is 0.323. The first kappa shape index (κ1) is 23.7. The van der Waals surface area contributed by atoms with Crippen LogP contribution in [0.15, 0.2) is 18.2 Å². The average Bonchev–Trinajstić information content (AvgIpc) is 2.72. The van der Waals surface area contributed by atoms with Crippen LogP contribution in [-0.2, 0) is 30.3 Å². The van der Waals surface area contributed by atoms with Crippen LogP contribution < -0.4 is 11.1 Å². The van der Waals surface area contributed by atoms with Gasteiger partial charge in [-0.3, -0.25) is 29.4 Å². The van der Waals surface area contributed by atoms with Gasteiger partial charge < -0.3 is 15.2 Å². The third-order valence-electron chi connectivity index (χ3n) is 4.84. The number of aryl methyl sites for hydroxylation is 2. The molecule has 1 aliphatic heterocycles. The Kier molecular flexibility index (Phi) is 9.59. The van der Waals surface area contributed by atoms with Crippen molar-refractivity contribution < 1.29 is 28.7 Å². The molecule has 30 heavy (non-hydrogen) atoms. The standard InChI is InChI=1S/C21H29N3O6/c1-15-4-2-5-16(6-3-10-29-12-13-30-11-9-22)19(15)21(28)24(14-25)17-7-8-18(26)23-20(17)27/h2,4-5,14,17H,3,6-13,22H2,1H3,(H,23,26,27). The third kappa shape index (κ3) is 6.45. The molecular formula is C21H29N3O6. The Bertz CT molecular complexity index is 767. The highest BCUT2D eigenvalue weighted by molar-refractivity contribution is 6.08. The number of amides is 4. The minimum absolute atomic E-state index is 0.0843. The lowest BCUT2D eigenvalue weighted by Crippen LogP contribution is -2.54. The molecule has 9 nitrogen and oxygen atoms in total. The number of piperidine rings is 1. The van der Waals surface area contributed by atoms with Gasteiger partial charge in [0.1, 0.15) is 6.04 Å². The Morgan fingerprint density at radius 2 is 1.97 bits per heavy atom. The fourth-order valence-electron chi connectivity index (χ4n) is 3.35. The van der Waals surface area contributed by atoms with Gasteiger partial charge in [-0.05, 0) is 37.3 Å². The molecular weight excluding hydrogens is 390 g/mol. The van der Waals surface area contributed by atoms with Gasteiger partial charge in [0.05, 0.1) is 19.8 Å². The van der Waals surface area contributed by atoms with Crippen LogP contribution in [0.5, 0.6) is 0 Å². The van der Waals surface area contributed by atoms with Crippen molar-refractivity contribution in [3.63, 3.8) is 0 Å². The molecule has 1 aromatic carbocycles. The number of rotatable bonds is 12. The molecule has 0 aliphatic carbocycles. The highest BCUT2D eigenvalue weighted by Crippen LogP contribution is 2.21. The zero-order valence-corrected chi connectivity index (χ0v) is 17.2. The summed E-state index contributed by atoms with van der Waals surface area (Å²) in [5, 5.41) is 2.18. The minimum atomic E-state index is -0.989. The second kappa shape index (κ2) is 12.2. The second-order valence-electron chi connectivity index (χ2n) is 7.01. The van der Waals surface area contributed by atoms with Crippen molar-refractivity contribution in [2.45, 2.75) is 38.6 Å². The maximum absolute atomic E-state index is 13.2. The highest BCUT2D eigenvalue weighted by atomic mass is 16.5.